The lowest BCUT2D eigenvalue weighted by Crippen LogP contribution is -2.30. The van der Waals surface area contributed by atoms with E-state index in [4.69, 9.17) is 4.74 Å². The summed E-state index contributed by atoms with van der Waals surface area (Å²) in [5.41, 5.74) is 1.88. The average molecular weight is 392 g/mol. The summed E-state index contributed by atoms with van der Waals surface area (Å²) in [5.74, 6) is -0.245. The fraction of sp³-hybridized carbons (Fsp3) is 0.158. The number of nitrogens with zero attached hydrogens (tertiary/aromatic N) is 5. The summed E-state index contributed by atoms with van der Waals surface area (Å²) >= 11 is 0. The van der Waals surface area contributed by atoms with Gasteiger partial charge in [-0.05, 0) is 28.5 Å². The first kappa shape index (κ1) is 18.3. The third-order valence-corrected chi connectivity index (χ3v) is 4.47. The van der Waals surface area contributed by atoms with Gasteiger partial charge in [-0.15, -0.1) is 0 Å². The topological polar surface area (TPSA) is 125 Å². The summed E-state index contributed by atoms with van der Waals surface area (Å²) in [6.45, 7) is 1.89. The van der Waals surface area contributed by atoms with Gasteiger partial charge >= 0.3 is 5.97 Å². The Bertz CT molecular complexity index is 1110. The molecule has 1 aliphatic rings. The van der Waals surface area contributed by atoms with Crippen molar-refractivity contribution in [2.45, 2.75) is 13.0 Å². The molecule has 0 bridgehead atoms. The molecule has 2 aromatic carbocycles. The van der Waals surface area contributed by atoms with E-state index in [0.29, 0.717) is 17.2 Å². The molecule has 0 spiro atoms. The van der Waals surface area contributed by atoms with Crippen LogP contribution < -0.4 is 5.32 Å². The number of nitrogens with one attached hydrogen (secondary N) is 1. The summed E-state index contributed by atoms with van der Waals surface area (Å²) < 4.78 is 6.72. The summed E-state index contributed by atoms with van der Waals surface area (Å²) in [5, 5.41) is 26.0. The van der Waals surface area contributed by atoms with Crippen LogP contribution in [0.3, 0.4) is 0 Å². The molecule has 1 aromatic heterocycles. The van der Waals surface area contributed by atoms with Crippen molar-refractivity contribution in [3.63, 3.8) is 0 Å². The van der Waals surface area contributed by atoms with Gasteiger partial charge in [0.2, 0.25) is 5.95 Å². The number of fused-ring (bicyclic) bond motifs is 1. The van der Waals surface area contributed by atoms with Gasteiger partial charge in [-0.1, -0.05) is 47.6 Å². The van der Waals surface area contributed by atoms with Gasteiger partial charge in [-0.3, -0.25) is 10.1 Å². The number of carbonyl (C=O) groups is 1. The minimum absolute atomic E-state index is 0.0971. The van der Waals surface area contributed by atoms with E-state index in [1.54, 1.807) is 19.1 Å². The number of ether oxygens (including phenoxy) is 1. The number of nitro benzene ring substituents is 1. The van der Waals surface area contributed by atoms with Gasteiger partial charge in [0.05, 0.1) is 22.8 Å². The van der Waals surface area contributed by atoms with E-state index in [9.17, 15) is 14.9 Å². The van der Waals surface area contributed by atoms with E-state index < -0.39 is 16.9 Å². The summed E-state index contributed by atoms with van der Waals surface area (Å²) in [6.07, 6.45) is 0. The standard InChI is InChI=1S/C19H16N6O4/c1-2-29-18(26)15-16(12-7-4-3-5-8-12)20-19-21-22-23-24(19)17(15)13-9-6-10-14(11-13)25(27)28/h3-11,17H,2H2,1H3,(H,20,21,23). The maximum Gasteiger partial charge on any atom is 0.338 e. The molecule has 0 saturated carbocycles. The van der Waals surface area contributed by atoms with Gasteiger partial charge in [0.25, 0.3) is 5.69 Å². The number of aromatic nitrogens is 4. The van der Waals surface area contributed by atoms with Gasteiger partial charge in [-0.25, -0.2) is 4.79 Å². The second-order valence-electron chi connectivity index (χ2n) is 6.20. The predicted molar refractivity (Wildman–Crippen MR) is 103 cm³/mol. The normalized spacial score (nSPS) is 15.4. The van der Waals surface area contributed by atoms with Crippen LogP contribution in [0.25, 0.3) is 5.70 Å². The number of hydrogen-bond acceptors (Lipinski definition) is 8. The van der Waals surface area contributed by atoms with Gasteiger partial charge in [-0.2, -0.15) is 4.68 Å². The predicted octanol–water partition coefficient (Wildman–Crippen LogP) is 2.57. The number of rotatable bonds is 5. The Morgan fingerprint density at radius 1 is 1.24 bits per heavy atom. The second-order valence-corrected chi connectivity index (χ2v) is 6.20. The van der Waals surface area contributed by atoms with Gasteiger partial charge in [0.15, 0.2) is 0 Å². The van der Waals surface area contributed by atoms with Crippen molar-refractivity contribution in [2.75, 3.05) is 11.9 Å². The molecule has 1 aliphatic heterocycles. The first-order valence-electron chi connectivity index (χ1n) is 8.86. The highest BCUT2D eigenvalue weighted by molar-refractivity contribution is 6.02. The van der Waals surface area contributed by atoms with Crippen LogP contribution in [0, 0.1) is 10.1 Å². The maximum atomic E-state index is 13.0. The molecule has 0 saturated heterocycles. The Morgan fingerprint density at radius 3 is 2.76 bits per heavy atom. The van der Waals surface area contributed by atoms with Crippen molar-refractivity contribution in [1.82, 2.24) is 20.2 Å². The third kappa shape index (κ3) is 3.31. The van der Waals surface area contributed by atoms with E-state index >= 15 is 0 Å². The number of benzene rings is 2. The van der Waals surface area contributed by atoms with Crippen LogP contribution in [0.4, 0.5) is 11.6 Å². The molecule has 0 aliphatic carbocycles. The van der Waals surface area contributed by atoms with Crippen molar-refractivity contribution in [1.29, 1.82) is 0 Å². The van der Waals surface area contributed by atoms with Crippen molar-refractivity contribution >= 4 is 23.3 Å². The lowest BCUT2D eigenvalue weighted by atomic mass is 9.92. The zero-order valence-corrected chi connectivity index (χ0v) is 15.3. The lowest BCUT2D eigenvalue weighted by molar-refractivity contribution is -0.384. The lowest BCUT2D eigenvalue weighted by Gasteiger charge is -2.28. The average Bonchev–Trinajstić information content (AvgIpc) is 3.21. The maximum absolute atomic E-state index is 13.0. The highest BCUT2D eigenvalue weighted by atomic mass is 16.6. The van der Waals surface area contributed by atoms with Gasteiger partial charge in [0, 0.05) is 12.1 Å². The van der Waals surface area contributed by atoms with E-state index in [0.717, 1.165) is 5.56 Å². The number of anilines is 1. The first-order valence-corrected chi connectivity index (χ1v) is 8.86. The SMILES string of the molecule is CCOC(=O)C1=C(c2ccccc2)Nc2nnnn2C1c1cccc([N+](=O)[O-])c1. The molecule has 1 N–H and O–H groups in total. The van der Waals surface area contributed by atoms with Crippen LogP contribution in [-0.4, -0.2) is 37.7 Å². The van der Waals surface area contributed by atoms with Crippen LogP contribution in [-0.2, 0) is 9.53 Å². The molecule has 10 nitrogen and oxygen atoms in total. The van der Waals surface area contributed by atoms with Crippen LogP contribution >= 0.6 is 0 Å². The molecular formula is C19H16N6O4. The van der Waals surface area contributed by atoms with Crippen LogP contribution in [0.15, 0.2) is 60.2 Å². The molecule has 1 unspecified atom stereocenters. The number of nitro groups is 1. The number of non-ortho nitro benzene ring substituents is 1. The Morgan fingerprint density at radius 2 is 2.03 bits per heavy atom. The highest BCUT2D eigenvalue weighted by Crippen LogP contribution is 2.39. The van der Waals surface area contributed by atoms with Gasteiger partial charge < -0.3 is 10.1 Å². The van der Waals surface area contributed by atoms with E-state index in [2.05, 4.69) is 20.8 Å². The molecule has 29 heavy (non-hydrogen) atoms. The summed E-state index contributed by atoms with van der Waals surface area (Å²) in [7, 11) is 0. The highest BCUT2D eigenvalue weighted by Gasteiger charge is 2.37. The molecule has 2 heterocycles. The number of carbonyl (C=O) groups excluding carboxylic acids is 1. The number of tetrazole rings is 1. The quantitative estimate of drug-likeness (QED) is 0.399. The van der Waals surface area contributed by atoms with Crippen LogP contribution in [0.5, 0.6) is 0 Å². The van der Waals surface area contributed by atoms with Crippen molar-refractivity contribution < 1.29 is 14.5 Å². The van der Waals surface area contributed by atoms with Gasteiger partial charge in [0.1, 0.15) is 6.04 Å². The van der Waals surface area contributed by atoms with E-state index in [1.165, 1.54) is 16.8 Å². The third-order valence-electron chi connectivity index (χ3n) is 4.47. The summed E-state index contributed by atoms with van der Waals surface area (Å²) in [4.78, 5) is 23.8. The molecule has 3 aromatic rings. The van der Waals surface area contributed by atoms with Crippen molar-refractivity contribution in [3.8, 4) is 0 Å². The fourth-order valence-electron chi connectivity index (χ4n) is 3.26. The Balaban J connectivity index is 1.97. The molecule has 0 fully saturated rings. The smallest absolute Gasteiger partial charge is 0.338 e. The second kappa shape index (κ2) is 7.50. The number of esters is 1. The molecule has 10 heteroatoms. The van der Waals surface area contributed by atoms with E-state index in [-0.39, 0.29) is 17.9 Å². The van der Waals surface area contributed by atoms with Crippen molar-refractivity contribution in [2.24, 2.45) is 0 Å². The molecule has 4 rings (SSSR count). The Hall–Kier alpha value is -4.08. The summed E-state index contributed by atoms with van der Waals surface area (Å²) in [6, 6.07) is 14.5. The molecular weight excluding hydrogens is 376 g/mol. The largest absolute Gasteiger partial charge is 0.463 e. The Kier molecular flexibility index (Phi) is 4.73. The van der Waals surface area contributed by atoms with E-state index in [1.807, 2.05) is 30.3 Å². The first-order chi connectivity index (χ1) is 14.1. The minimum atomic E-state index is -0.796. The Labute approximate surface area is 165 Å². The molecule has 1 atom stereocenters. The van der Waals surface area contributed by atoms with Crippen LogP contribution in [0.1, 0.15) is 24.1 Å². The monoisotopic (exact) mass is 392 g/mol. The van der Waals surface area contributed by atoms with Crippen LogP contribution in [0.2, 0.25) is 0 Å². The zero-order chi connectivity index (χ0) is 20.4. The fourth-order valence-corrected chi connectivity index (χ4v) is 3.26. The zero-order valence-electron chi connectivity index (χ0n) is 15.3. The number of hydrogen-bond donors (Lipinski definition) is 1. The molecule has 0 radical (unpaired) electrons. The minimum Gasteiger partial charge on any atom is -0.463 e. The molecule has 0 amide bonds. The van der Waals surface area contributed by atoms with Crippen molar-refractivity contribution in [3.05, 3.63) is 81.4 Å². The molecule has 146 valence electrons.